The van der Waals surface area contributed by atoms with E-state index in [0.29, 0.717) is 18.0 Å². The molecule has 0 aliphatic carbocycles. The van der Waals surface area contributed by atoms with Crippen LogP contribution in [0.5, 0.6) is 0 Å². The molecule has 0 saturated carbocycles. The highest BCUT2D eigenvalue weighted by molar-refractivity contribution is 5.94. The lowest BCUT2D eigenvalue weighted by atomic mass is 10.00. The summed E-state index contributed by atoms with van der Waals surface area (Å²) in [7, 11) is 0. The maximum atomic E-state index is 12.4. The van der Waals surface area contributed by atoms with E-state index in [1.165, 1.54) is 5.56 Å². The van der Waals surface area contributed by atoms with Gasteiger partial charge in [0.15, 0.2) is 0 Å². The lowest BCUT2D eigenvalue weighted by molar-refractivity contribution is 0.0940. The Hall–Kier alpha value is -2.82. The number of hydrogen-bond donors (Lipinski definition) is 3. The standard InChI is InChI=1S/C21H27N3O2/c1-14(2)12-16-4-8-18(9-5-16)15(3)24-20(25)19-10-6-17(7-11-19)13-23-21(22)26/h4-11,14-15H,12-13H2,1-3H3,(H,24,25)(H3,22,23,26). The highest BCUT2D eigenvalue weighted by atomic mass is 16.2. The van der Waals surface area contributed by atoms with Crippen molar-refractivity contribution in [1.29, 1.82) is 0 Å². The van der Waals surface area contributed by atoms with Gasteiger partial charge in [-0.1, -0.05) is 50.2 Å². The number of hydrogen-bond acceptors (Lipinski definition) is 2. The third-order valence-electron chi connectivity index (χ3n) is 4.15. The normalized spacial score (nSPS) is 11.8. The van der Waals surface area contributed by atoms with Gasteiger partial charge in [0.05, 0.1) is 6.04 Å². The number of urea groups is 1. The average Bonchev–Trinajstić information content (AvgIpc) is 2.60. The SMILES string of the molecule is CC(C)Cc1ccc(C(C)NC(=O)c2ccc(CNC(N)=O)cc2)cc1. The molecule has 0 radical (unpaired) electrons. The number of nitrogens with one attached hydrogen (secondary N) is 2. The van der Waals surface area contributed by atoms with Gasteiger partial charge in [-0.25, -0.2) is 4.79 Å². The van der Waals surface area contributed by atoms with E-state index < -0.39 is 6.03 Å². The zero-order valence-electron chi connectivity index (χ0n) is 15.6. The molecular weight excluding hydrogens is 326 g/mol. The van der Waals surface area contributed by atoms with E-state index in [9.17, 15) is 9.59 Å². The van der Waals surface area contributed by atoms with E-state index >= 15 is 0 Å². The van der Waals surface area contributed by atoms with Crippen LogP contribution in [-0.4, -0.2) is 11.9 Å². The summed E-state index contributed by atoms with van der Waals surface area (Å²) in [5, 5.41) is 5.53. The van der Waals surface area contributed by atoms with Gasteiger partial charge in [-0.15, -0.1) is 0 Å². The number of nitrogens with two attached hydrogens (primary N) is 1. The largest absolute Gasteiger partial charge is 0.352 e. The van der Waals surface area contributed by atoms with Gasteiger partial charge in [0.1, 0.15) is 0 Å². The van der Waals surface area contributed by atoms with Gasteiger partial charge in [0.25, 0.3) is 5.91 Å². The summed E-state index contributed by atoms with van der Waals surface area (Å²) in [5.74, 6) is 0.497. The van der Waals surface area contributed by atoms with Gasteiger partial charge >= 0.3 is 6.03 Å². The molecule has 4 N–H and O–H groups in total. The second-order valence-corrected chi connectivity index (χ2v) is 6.95. The maximum Gasteiger partial charge on any atom is 0.312 e. The van der Waals surface area contributed by atoms with Crippen LogP contribution in [-0.2, 0) is 13.0 Å². The quantitative estimate of drug-likeness (QED) is 0.711. The third-order valence-corrected chi connectivity index (χ3v) is 4.15. The van der Waals surface area contributed by atoms with Crippen molar-refractivity contribution in [2.24, 2.45) is 11.7 Å². The Morgan fingerprint density at radius 3 is 2.04 bits per heavy atom. The minimum atomic E-state index is -0.569. The molecule has 1 unspecified atom stereocenters. The number of carbonyl (C=O) groups is 2. The van der Waals surface area contributed by atoms with Crippen LogP contribution in [0.3, 0.4) is 0 Å². The first-order valence-electron chi connectivity index (χ1n) is 8.87. The van der Waals surface area contributed by atoms with Crippen molar-refractivity contribution in [2.75, 3.05) is 0 Å². The van der Waals surface area contributed by atoms with E-state index in [4.69, 9.17) is 5.73 Å². The molecule has 138 valence electrons. The van der Waals surface area contributed by atoms with Crippen molar-refractivity contribution >= 4 is 11.9 Å². The molecule has 0 aliphatic heterocycles. The fourth-order valence-electron chi connectivity index (χ4n) is 2.74. The molecule has 2 aromatic carbocycles. The van der Waals surface area contributed by atoms with Crippen LogP contribution in [0.1, 0.15) is 53.9 Å². The van der Waals surface area contributed by atoms with Gasteiger partial charge in [-0.3, -0.25) is 4.79 Å². The smallest absolute Gasteiger partial charge is 0.312 e. The van der Waals surface area contributed by atoms with Gasteiger partial charge < -0.3 is 16.4 Å². The highest BCUT2D eigenvalue weighted by Crippen LogP contribution is 2.16. The van der Waals surface area contributed by atoms with Crippen molar-refractivity contribution in [1.82, 2.24) is 10.6 Å². The molecule has 0 aliphatic rings. The molecule has 0 fully saturated rings. The minimum Gasteiger partial charge on any atom is -0.352 e. The zero-order chi connectivity index (χ0) is 19.1. The fraction of sp³-hybridized carbons (Fsp3) is 0.333. The van der Waals surface area contributed by atoms with E-state index in [0.717, 1.165) is 17.5 Å². The van der Waals surface area contributed by atoms with Crippen LogP contribution in [0.4, 0.5) is 4.79 Å². The molecule has 26 heavy (non-hydrogen) atoms. The molecule has 0 spiro atoms. The number of rotatable bonds is 7. The Labute approximate surface area is 155 Å². The predicted molar refractivity (Wildman–Crippen MR) is 104 cm³/mol. The van der Waals surface area contributed by atoms with Crippen LogP contribution in [0.2, 0.25) is 0 Å². The lowest BCUT2D eigenvalue weighted by Crippen LogP contribution is -2.28. The Morgan fingerprint density at radius 1 is 0.923 bits per heavy atom. The number of benzene rings is 2. The van der Waals surface area contributed by atoms with Crippen LogP contribution in [0.15, 0.2) is 48.5 Å². The summed E-state index contributed by atoms with van der Waals surface area (Å²) in [6.45, 7) is 6.72. The van der Waals surface area contributed by atoms with E-state index in [1.54, 1.807) is 24.3 Å². The molecule has 5 heteroatoms. The summed E-state index contributed by atoms with van der Waals surface area (Å²) in [5.41, 5.74) is 8.90. The van der Waals surface area contributed by atoms with Crippen molar-refractivity contribution in [2.45, 2.75) is 39.8 Å². The molecular formula is C21H27N3O2. The Balaban J connectivity index is 1.94. The van der Waals surface area contributed by atoms with Crippen LogP contribution >= 0.6 is 0 Å². The van der Waals surface area contributed by atoms with Gasteiger partial charge in [0, 0.05) is 12.1 Å². The first-order valence-corrected chi connectivity index (χ1v) is 8.87. The molecule has 5 nitrogen and oxygen atoms in total. The first-order chi connectivity index (χ1) is 12.3. The second kappa shape index (κ2) is 9.04. The number of amides is 3. The summed E-state index contributed by atoms with van der Waals surface area (Å²) in [4.78, 5) is 23.1. The van der Waals surface area contributed by atoms with Crippen LogP contribution < -0.4 is 16.4 Å². The Bertz CT molecular complexity index is 737. The number of primary amides is 1. The second-order valence-electron chi connectivity index (χ2n) is 6.95. The van der Waals surface area contributed by atoms with E-state index in [2.05, 4.69) is 48.7 Å². The fourth-order valence-corrected chi connectivity index (χ4v) is 2.74. The minimum absolute atomic E-state index is 0.0770. The zero-order valence-corrected chi connectivity index (χ0v) is 15.6. The van der Waals surface area contributed by atoms with Gasteiger partial charge in [0.2, 0.25) is 0 Å². The number of carbonyl (C=O) groups excluding carboxylic acids is 2. The van der Waals surface area contributed by atoms with Crippen molar-refractivity contribution in [3.8, 4) is 0 Å². The summed E-state index contributed by atoms with van der Waals surface area (Å²) < 4.78 is 0. The highest BCUT2D eigenvalue weighted by Gasteiger charge is 2.11. The molecule has 2 aromatic rings. The molecule has 0 aromatic heterocycles. The molecule has 0 heterocycles. The van der Waals surface area contributed by atoms with Crippen molar-refractivity contribution in [3.63, 3.8) is 0 Å². The summed E-state index contributed by atoms with van der Waals surface area (Å²) in [6.07, 6.45) is 1.05. The molecule has 0 bridgehead atoms. The molecule has 1 atom stereocenters. The topological polar surface area (TPSA) is 84.2 Å². The third kappa shape index (κ3) is 5.92. The summed E-state index contributed by atoms with van der Waals surface area (Å²) >= 11 is 0. The average molecular weight is 353 g/mol. The van der Waals surface area contributed by atoms with E-state index in [1.807, 2.05) is 6.92 Å². The Morgan fingerprint density at radius 2 is 1.50 bits per heavy atom. The maximum absolute atomic E-state index is 12.4. The molecule has 0 saturated heterocycles. The van der Waals surface area contributed by atoms with Gasteiger partial charge in [-0.05, 0) is 48.1 Å². The first kappa shape index (κ1) is 19.5. The summed E-state index contributed by atoms with van der Waals surface area (Å²) in [6, 6.07) is 14.8. The Kier molecular flexibility index (Phi) is 6.78. The molecule has 3 amide bonds. The molecule has 2 rings (SSSR count). The predicted octanol–water partition coefficient (Wildman–Crippen LogP) is 3.54. The monoisotopic (exact) mass is 353 g/mol. The van der Waals surface area contributed by atoms with Crippen LogP contribution in [0, 0.1) is 5.92 Å². The van der Waals surface area contributed by atoms with Crippen molar-refractivity contribution in [3.05, 3.63) is 70.8 Å². The van der Waals surface area contributed by atoms with E-state index in [-0.39, 0.29) is 11.9 Å². The van der Waals surface area contributed by atoms with Crippen LogP contribution in [0.25, 0.3) is 0 Å². The van der Waals surface area contributed by atoms with Crippen molar-refractivity contribution < 1.29 is 9.59 Å². The lowest BCUT2D eigenvalue weighted by Gasteiger charge is -2.15. The van der Waals surface area contributed by atoms with Gasteiger partial charge in [-0.2, -0.15) is 0 Å².